The molecule has 1 rings (SSSR count). The van der Waals surface area contributed by atoms with E-state index in [1.54, 1.807) is 6.07 Å². The van der Waals surface area contributed by atoms with Gasteiger partial charge in [0.2, 0.25) is 0 Å². The van der Waals surface area contributed by atoms with Crippen LogP contribution in [0.1, 0.15) is 24.0 Å². The molecule has 0 heterocycles. The fourth-order valence-corrected chi connectivity index (χ4v) is 1.47. The first-order chi connectivity index (χ1) is 7.80. The Labute approximate surface area is 94.9 Å². The van der Waals surface area contributed by atoms with Crippen molar-refractivity contribution in [3.05, 3.63) is 29.3 Å². The van der Waals surface area contributed by atoms with Gasteiger partial charge in [-0.2, -0.15) is 0 Å². The Balaban J connectivity index is 2.60. The second kappa shape index (κ2) is 6.98. The van der Waals surface area contributed by atoms with Crippen LogP contribution in [0.25, 0.3) is 0 Å². The summed E-state index contributed by atoms with van der Waals surface area (Å²) in [5.41, 5.74) is 2.40. The summed E-state index contributed by atoms with van der Waals surface area (Å²) in [4.78, 5) is 10.1. The summed E-state index contributed by atoms with van der Waals surface area (Å²) in [7, 11) is 0. The first kappa shape index (κ1) is 12.7. The quantitative estimate of drug-likeness (QED) is 0.477. The molecule has 0 fully saturated rings. The Bertz CT molecular complexity index is 317. The standard InChI is InChI=1S/C12H17NO3/c14-4-2-1-3-13-12-6-10(8-15)5-11(7-12)9-16/h4-7,13,15-16H,1-3,8-9H2. The highest BCUT2D eigenvalue weighted by Crippen LogP contribution is 2.15. The lowest BCUT2D eigenvalue weighted by atomic mass is 10.1. The molecule has 1 aromatic carbocycles. The van der Waals surface area contributed by atoms with Crippen molar-refractivity contribution >= 4 is 12.0 Å². The lowest BCUT2D eigenvalue weighted by Gasteiger charge is -2.09. The highest BCUT2D eigenvalue weighted by atomic mass is 16.3. The molecule has 0 aliphatic carbocycles. The predicted molar refractivity (Wildman–Crippen MR) is 62.1 cm³/mol. The van der Waals surface area contributed by atoms with Crippen molar-refractivity contribution in [3.8, 4) is 0 Å². The van der Waals surface area contributed by atoms with Gasteiger partial charge in [0.25, 0.3) is 0 Å². The van der Waals surface area contributed by atoms with Crippen LogP contribution in [0.5, 0.6) is 0 Å². The van der Waals surface area contributed by atoms with Gasteiger partial charge >= 0.3 is 0 Å². The number of unbranched alkanes of at least 4 members (excludes halogenated alkanes) is 1. The summed E-state index contributed by atoms with van der Waals surface area (Å²) >= 11 is 0. The van der Waals surface area contributed by atoms with E-state index in [1.807, 2.05) is 12.1 Å². The number of hydrogen-bond acceptors (Lipinski definition) is 4. The summed E-state index contributed by atoms with van der Waals surface area (Å²) < 4.78 is 0. The molecule has 0 saturated carbocycles. The zero-order valence-electron chi connectivity index (χ0n) is 9.15. The van der Waals surface area contributed by atoms with Crippen molar-refractivity contribution < 1.29 is 15.0 Å². The van der Waals surface area contributed by atoms with E-state index < -0.39 is 0 Å². The van der Waals surface area contributed by atoms with Crippen LogP contribution in [0.4, 0.5) is 5.69 Å². The second-order valence-corrected chi connectivity index (χ2v) is 3.59. The van der Waals surface area contributed by atoms with Crippen LogP contribution in [0, 0.1) is 0 Å². The maximum atomic E-state index is 10.1. The molecule has 0 spiro atoms. The summed E-state index contributed by atoms with van der Waals surface area (Å²) in [5, 5.41) is 21.2. The van der Waals surface area contributed by atoms with Crippen LogP contribution in [-0.2, 0) is 18.0 Å². The molecule has 1 aromatic rings. The third kappa shape index (κ3) is 4.00. The van der Waals surface area contributed by atoms with E-state index in [0.717, 1.165) is 29.5 Å². The van der Waals surface area contributed by atoms with E-state index in [4.69, 9.17) is 10.2 Å². The minimum Gasteiger partial charge on any atom is -0.392 e. The molecule has 0 bridgehead atoms. The molecule has 0 saturated heterocycles. The van der Waals surface area contributed by atoms with E-state index >= 15 is 0 Å². The van der Waals surface area contributed by atoms with Crippen LogP contribution in [0.15, 0.2) is 18.2 Å². The van der Waals surface area contributed by atoms with Gasteiger partial charge in [-0.3, -0.25) is 0 Å². The average Bonchev–Trinajstić information content (AvgIpc) is 2.34. The van der Waals surface area contributed by atoms with Crippen molar-refractivity contribution in [1.29, 1.82) is 0 Å². The van der Waals surface area contributed by atoms with Gasteiger partial charge in [-0.1, -0.05) is 6.07 Å². The van der Waals surface area contributed by atoms with Gasteiger partial charge in [-0.25, -0.2) is 0 Å². The molecular formula is C12H17NO3. The zero-order chi connectivity index (χ0) is 11.8. The normalized spacial score (nSPS) is 10.1. The van der Waals surface area contributed by atoms with Crippen LogP contribution in [0.2, 0.25) is 0 Å². The molecule has 4 heteroatoms. The van der Waals surface area contributed by atoms with Gasteiger partial charge < -0.3 is 20.3 Å². The fraction of sp³-hybridized carbons (Fsp3) is 0.417. The molecule has 0 aliphatic heterocycles. The third-order valence-electron chi connectivity index (χ3n) is 2.25. The number of carbonyl (C=O) groups excluding carboxylic acids is 1. The van der Waals surface area contributed by atoms with Crippen LogP contribution in [-0.4, -0.2) is 23.0 Å². The summed E-state index contributed by atoms with van der Waals surface area (Å²) in [6.07, 6.45) is 2.21. The first-order valence-corrected chi connectivity index (χ1v) is 5.32. The van der Waals surface area contributed by atoms with Crippen molar-refractivity contribution in [2.24, 2.45) is 0 Å². The number of benzene rings is 1. The van der Waals surface area contributed by atoms with Crippen LogP contribution in [0.3, 0.4) is 0 Å². The highest BCUT2D eigenvalue weighted by Gasteiger charge is 1.99. The molecule has 0 aromatic heterocycles. The number of anilines is 1. The summed E-state index contributed by atoms with van der Waals surface area (Å²) in [6.45, 7) is 0.617. The summed E-state index contributed by atoms with van der Waals surface area (Å²) in [5.74, 6) is 0. The van der Waals surface area contributed by atoms with Crippen LogP contribution >= 0.6 is 0 Å². The zero-order valence-corrected chi connectivity index (χ0v) is 9.15. The molecule has 88 valence electrons. The molecule has 0 amide bonds. The van der Waals surface area contributed by atoms with Crippen molar-refractivity contribution in [2.45, 2.75) is 26.1 Å². The molecular weight excluding hydrogens is 206 g/mol. The van der Waals surface area contributed by atoms with Crippen LogP contribution < -0.4 is 5.32 Å². The first-order valence-electron chi connectivity index (χ1n) is 5.32. The Morgan fingerprint density at radius 2 is 1.75 bits per heavy atom. The third-order valence-corrected chi connectivity index (χ3v) is 2.25. The van der Waals surface area contributed by atoms with Crippen molar-refractivity contribution in [3.63, 3.8) is 0 Å². The molecule has 3 N–H and O–H groups in total. The van der Waals surface area contributed by atoms with Crippen molar-refractivity contribution in [1.82, 2.24) is 0 Å². The molecule has 0 unspecified atom stereocenters. The number of aldehydes is 1. The maximum Gasteiger partial charge on any atom is 0.120 e. The molecule has 0 atom stereocenters. The highest BCUT2D eigenvalue weighted by molar-refractivity contribution is 5.50. The largest absolute Gasteiger partial charge is 0.392 e. The average molecular weight is 223 g/mol. The van der Waals surface area contributed by atoms with Gasteiger partial charge in [0, 0.05) is 18.7 Å². The molecule has 0 aliphatic rings. The van der Waals surface area contributed by atoms with Gasteiger partial charge in [-0.05, 0) is 29.7 Å². The lowest BCUT2D eigenvalue weighted by molar-refractivity contribution is -0.107. The minimum absolute atomic E-state index is 0.0448. The van der Waals surface area contributed by atoms with E-state index in [2.05, 4.69) is 5.32 Å². The fourth-order valence-electron chi connectivity index (χ4n) is 1.47. The number of nitrogens with one attached hydrogen (secondary N) is 1. The maximum absolute atomic E-state index is 10.1. The smallest absolute Gasteiger partial charge is 0.120 e. The number of aliphatic hydroxyl groups is 2. The Kier molecular flexibility index (Phi) is 5.53. The van der Waals surface area contributed by atoms with E-state index in [-0.39, 0.29) is 13.2 Å². The van der Waals surface area contributed by atoms with Crippen molar-refractivity contribution in [2.75, 3.05) is 11.9 Å². The number of carbonyl (C=O) groups is 1. The summed E-state index contributed by atoms with van der Waals surface area (Å²) in [6, 6.07) is 5.43. The van der Waals surface area contributed by atoms with E-state index in [9.17, 15) is 4.79 Å². The number of rotatable bonds is 7. The number of aliphatic hydroxyl groups excluding tert-OH is 2. The molecule has 4 nitrogen and oxygen atoms in total. The predicted octanol–water partition coefficient (Wildman–Crippen LogP) is 1.06. The molecule has 16 heavy (non-hydrogen) atoms. The molecule has 0 radical (unpaired) electrons. The topological polar surface area (TPSA) is 69.6 Å². The minimum atomic E-state index is -0.0448. The Hall–Kier alpha value is -1.39. The monoisotopic (exact) mass is 223 g/mol. The van der Waals surface area contributed by atoms with Gasteiger partial charge in [-0.15, -0.1) is 0 Å². The van der Waals surface area contributed by atoms with E-state index in [0.29, 0.717) is 13.0 Å². The second-order valence-electron chi connectivity index (χ2n) is 3.59. The van der Waals surface area contributed by atoms with E-state index in [1.165, 1.54) is 0 Å². The SMILES string of the molecule is O=CCCCNc1cc(CO)cc(CO)c1. The van der Waals surface area contributed by atoms with Gasteiger partial charge in [0.1, 0.15) is 6.29 Å². The van der Waals surface area contributed by atoms with Gasteiger partial charge in [0.15, 0.2) is 0 Å². The number of hydrogen-bond donors (Lipinski definition) is 3. The lowest BCUT2D eigenvalue weighted by Crippen LogP contribution is -2.03. The van der Waals surface area contributed by atoms with Gasteiger partial charge in [0.05, 0.1) is 13.2 Å². The Morgan fingerprint density at radius 1 is 1.12 bits per heavy atom. The Morgan fingerprint density at radius 3 is 2.25 bits per heavy atom.